The summed E-state index contributed by atoms with van der Waals surface area (Å²) in [7, 11) is 0. The maximum absolute atomic E-state index is 12.9. The van der Waals surface area contributed by atoms with E-state index in [0.29, 0.717) is 19.3 Å². The number of carbonyl (C=O) groups excluding carboxylic acids is 3. The van der Waals surface area contributed by atoms with Crippen molar-refractivity contribution in [1.82, 2.24) is 0 Å². The zero-order chi connectivity index (χ0) is 55.7. The van der Waals surface area contributed by atoms with Gasteiger partial charge in [-0.3, -0.25) is 14.4 Å². The number of unbranched alkanes of at least 4 members (excludes halogenated alkanes) is 29. The largest absolute Gasteiger partial charge is 0.462 e. The molecule has 0 aromatic heterocycles. The first kappa shape index (κ1) is 73.1. The van der Waals surface area contributed by atoms with Gasteiger partial charge in [-0.05, 0) is 128 Å². The zero-order valence-electron chi connectivity index (χ0n) is 50.4. The number of hydrogen-bond acceptors (Lipinski definition) is 6. The van der Waals surface area contributed by atoms with Crippen molar-refractivity contribution in [3.8, 4) is 0 Å². The van der Waals surface area contributed by atoms with Gasteiger partial charge < -0.3 is 14.2 Å². The van der Waals surface area contributed by atoms with E-state index in [-0.39, 0.29) is 31.1 Å². The third kappa shape index (κ3) is 62.8. The van der Waals surface area contributed by atoms with Crippen molar-refractivity contribution in [2.75, 3.05) is 13.2 Å². The van der Waals surface area contributed by atoms with E-state index in [0.717, 1.165) is 128 Å². The maximum atomic E-state index is 12.9. The predicted octanol–water partition coefficient (Wildman–Crippen LogP) is 22.2. The summed E-state index contributed by atoms with van der Waals surface area (Å²) in [6.45, 7) is 6.50. The van der Waals surface area contributed by atoms with E-state index in [4.69, 9.17) is 14.2 Å². The van der Waals surface area contributed by atoms with Gasteiger partial charge in [0.25, 0.3) is 0 Å². The van der Waals surface area contributed by atoms with Crippen LogP contribution >= 0.6 is 0 Å². The lowest BCUT2D eigenvalue weighted by Gasteiger charge is -2.18. The van der Waals surface area contributed by atoms with Crippen molar-refractivity contribution < 1.29 is 28.6 Å². The van der Waals surface area contributed by atoms with Gasteiger partial charge in [-0.1, -0.05) is 265 Å². The SMILES string of the molecule is CC/C=C\C/C=C\C/C=C\C/C=C\C/C=C\C/C=C\C/C=C\CCCCCCCCCCCC(=O)OCC(COC(=O)CCCCCCC/C=C\CCCCCCC)OC(=O)CCCCCCC/C=C\CCCCCCC. The highest BCUT2D eigenvalue weighted by atomic mass is 16.6. The molecule has 77 heavy (non-hydrogen) atoms. The second-order valence-corrected chi connectivity index (χ2v) is 21.3. The molecular formula is C71H120O6. The van der Waals surface area contributed by atoms with Gasteiger partial charge in [0.2, 0.25) is 0 Å². The topological polar surface area (TPSA) is 78.9 Å². The van der Waals surface area contributed by atoms with Crippen molar-refractivity contribution in [3.05, 3.63) is 109 Å². The number of hydrogen-bond donors (Lipinski definition) is 0. The molecule has 0 aliphatic heterocycles. The summed E-state index contributed by atoms with van der Waals surface area (Å²) in [6.07, 6.45) is 88.1. The lowest BCUT2D eigenvalue weighted by Crippen LogP contribution is -2.30. The van der Waals surface area contributed by atoms with Crippen LogP contribution in [0.25, 0.3) is 0 Å². The molecule has 0 N–H and O–H groups in total. The molecule has 1 atom stereocenters. The van der Waals surface area contributed by atoms with Crippen molar-refractivity contribution >= 4 is 17.9 Å². The third-order valence-electron chi connectivity index (χ3n) is 13.7. The molecule has 0 heterocycles. The van der Waals surface area contributed by atoms with Crippen LogP contribution in [0.15, 0.2) is 109 Å². The third-order valence-corrected chi connectivity index (χ3v) is 13.7. The van der Waals surface area contributed by atoms with Gasteiger partial charge in [0.15, 0.2) is 6.10 Å². The summed E-state index contributed by atoms with van der Waals surface area (Å²) in [5.41, 5.74) is 0. The minimum Gasteiger partial charge on any atom is -0.462 e. The average molecular weight is 1070 g/mol. The number of rotatable bonds is 58. The molecule has 0 saturated heterocycles. The summed E-state index contributed by atoms with van der Waals surface area (Å²) in [5, 5.41) is 0. The van der Waals surface area contributed by atoms with Crippen LogP contribution in [0.3, 0.4) is 0 Å². The normalized spacial score (nSPS) is 12.8. The Kier molecular flexibility index (Phi) is 61.3. The lowest BCUT2D eigenvalue weighted by molar-refractivity contribution is -0.167. The van der Waals surface area contributed by atoms with E-state index in [1.165, 1.54) is 135 Å². The summed E-state index contributed by atoms with van der Waals surface area (Å²) in [6, 6.07) is 0. The Hall–Kier alpha value is -3.93. The lowest BCUT2D eigenvalue weighted by atomic mass is 10.1. The van der Waals surface area contributed by atoms with Gasteiger partial charge >= 0.3 is 17.9 Å². The van der Waals surface area contributed by atoms with Gasteiger partial charge in [0.1, 0.15) is 13.2 Å². The highest BCUT2D eigenvalue weighted by Crippen LogP contribution is 2.15. The van der Waals surface area contributed by atoms with Crippen LogP contribution < -0.4 is 0 Å². The first-order valence-corrected chi connectivity index (χ1v) is 32.4. The fourth-order valence-electron chi connectivity index (χ4n) is 8.88. The predicted molar refractivity (Wildman–Crippen MR) is 334 cm³/mol. The number of esters is 3. The summed E-state index contributed by atoms with van der Waals surface area (Å²) in [5.74, 6) is -0.902. The van der Waals surface area contributed by atoms with Crippen molar-refractivity contribution in [1.29, 1.82) is 0 Å². The minimum atomic E-state index is -0.789. The Balaban J connectivity index is 4.27. The Morgan fingerprint density at radius 3 is 0.805 bits per heavy atom. The Bertz CT molecular complexity index is 1560. The Morgan fingerprint density at radius 1 is 0.273 bits per heavy atom. The van der Waals surface area contributed by atoms with Crippen molar-refractivity contribution in [2.24, 2.45) is 0 Å². The molecule has 6 nitrogen and oxygen atoms in total. The van der Waals surface area contributed by atoms with Gasteiger partial charge in [0.05, 0.1) is 0 Å². The fraction of sp³-hybridized carbons (Fsp3) is 0.704. The van der Waals surface area contributed by atoms with Crippen LogP contribution in [0, 0.1) is 0 Å². The smallest absolute Gasteiger partial charge is 0.306 e. The van der Waals surface area contributed by atoms with Crippen LogP contribution in [0.2, 0.25) is 0 Å². The van der Waals surface area contributed by atoms with Crippen LogP contribution in [0.4, 0.5) is 0 Å². The van der Waals surface area contributed by atoms with Crippen molar-refractivity contribution in [3.63, 3.8) is 0 Å². The molecule has 6 heteroatoms. The standard InChI is InChI=1S/C71H120O6/c1-4-7-10-13-16-19-22-25-28-29-30-31-32-33-34-35-36-37-38-39-40-41-42-43-44-47-49-52-55-58-61-64-70(73)76-67-68(77-71(74)65-62-59-56-53-50-46-27-24-21-18-15-12-9-6-3)66-75-69(72)63-60-57-54-51-48-45-26-23-20-17-14-11-8-5-2/h7,10,16,19,23-28,30-31,33-34,36-37,39-40,68H,4-6,8-9,11-15,17-18,20-22,29,32,35,38,41-67H2,1-3H3/b10-7-,19-16-,26-23-,27-24-,28-25-,31-30-,34-33-,37-36-,40-39-. The molecular weight excluding hydrogens is 949 g/mol. The average Bonchev–Trinajstić information content (AvgIpc) is 3.43. The van der Waals surface area contributed by atoms with Gasteiger partial charge in [-0.15, -0.1) is 0 Å². The van der Waals surface area contributed by atoms with Gasteiger partial charge in [0, 0.05) is 19.3 Å². The van der Waals surface area contributed by atoms with E-state index in [1.54, 1.807) is 0 Å². The first-order valence-electron chi connectivity index (χ1n) is 32.4. The van der Waals surface area contributed by atoms with Crippen LogP contribution in [0.1, 0.15) is 303 Å². The zero-order valence-corrected chi connectivity index (χ0v) is 50.4. The highest BCUT2D eigenvalue weighted by Gasteiger charge is 2.19. The second-order valence-electron chi connectivity index (χ2n) is 21.3. The molecule has 0 amide bonds. The Morgan fingerprint density at radius 2 is 0.506 bits per heavy atom. The van der Waals surface area contributed by atoms with Gasteiger partial charge in [-0.2, -0.15) is 0 Å². The molecule has 0 spiro atoms. The minimum absolute atomic E-state index is 0.0865. The summed E-state index contributed by atoms with van der Waals surface area (Å²) >= 11 is 0. The van der Waals surface area contributed by atoms with Gasteiger partial charge in [-0.25, -0.2) is 0 Å². The summed E-state index contributed by atoms with van der Waals surface area (Å²) in [4.78, 5) is 38.3. The van der Waals surface area contributed by atoms with Crippen LogP contribution in [-0.4, -0.2) is 37.2 Å². The monoisotopic (exact) mass is 1070 g/mol. The highest BCUT2D eigenvalue weighted by molar-refractivity contribution is 5.71. The summed E-state index contributed by atoms with van der Waals surface area (Å²) < 4.78 is 16.9. The molecule has 0 fully saturated rings. The Labute approximate surface area is 476 Å². The molecule has 0 aromatic carbocycles. The molecule has 0 radical (unpaired) electrons. The second kappa shape index (κ2) is 64.6. The maximum Gasteiger partial charge on any atom is 0.306 e. The molecule has 0 aliphatic carbocycles. The molecule has 0 aromatic rings. The van der Waals surface area contributed by atoms with E-state index < -0.39 is 6.10 Å². The molecule has 0 saturated carbocycles. The molecule has 0 bridgehead atoms. The quantitative estimate of drug-likeness (QED) is 0.0261. The van der Waals surface area contributed by atoms with Crippen molar-refractivity contribution in [2.45, 2.75) is 309 Å². The molecule has 1 unspecified atom stereocenters. The van der Waals surface area contributed by atoms with E-state index in [1.807, 2.05) is 0 Å². The number of allylic oxidation sites excluding steroid dienone is 18. The molecule has 0 rings (SSSR count). The fourth-order valence-corrected chi connectivity index (χ4v) is 8.88. The van der Waals surface area contributed by atoms with Crippen LogP contribution in [0.5, 0.6) is 0 Å². The van der Waals surface area contributed by atoms with Crippen LogP contribution in [-0.2, 0) is 28.6 Å². The number of carbonyl (C=O) groups is 3. The van der Waals surface area contributed by atoms with E-state index >= 15 is 0 Å². The first-order chi connectivity index (χ1) is 38.0. The van der Waals surface area contributed by atoms with E-state index in [9.17, 15) is 14.4 Å². The van der Waals surface area contributed by atoms with E-state index in [2.05, 4.69) is 130 Å². The molecule has 440 valence electrons. The molecule has 0 aliphatic rings. The number of ether oxygens (including phenoxy) is 3.